The van der Waals surface area contributed by atoms with Crippen LogP contribution in [0.4, 0.5) is 17.3 Å². The molecular weight excluding hydrogens is 414 g/mol. The van der Waals surface area contributed by atoms with Crippen LogP contribution in [0.5, 0.6) is 0 Å². The van der Waals surface area contributed by atoms with Gasteiger partial charge in [-0.3, -0.25) is 5.10 Å². The third kappa shape index (κ3) is 3.79. The van der Waals surface area contributed by atoms with Crippen LogP contribution in [0, 0.1) is 0 Å². The Kier molecular flexibility index (Phi) is 4.75. The van der Waals surface area contributed by atoms with Crippen LogP contribution >= 0.6 is 0 Å². The number of hydrogen-bond acceptors (Lipinski definition) is 8. The minimum absolute atomic E-state index is 0.258. The Morgan fingerprint density at radius 3 is 2.55 bits per heavy atom. The van der Waals surface area contributed by atoms with Gasteiger partial charge in [-0.25, -0.2) is 18.4 Å². The summed E-state index contributed by atoms with van der Waals surface area (Å²) >= 11 is 0. The van der Waals surface area contributed by atoms with Gasteiger partial charge in [0.25, 0.3) is 0 Å². The fourth-order valence-electron chi connectivity index (χ4n) is 3.82. The maximum absolute atomic E-state index is 11.9. The molecule has 3 aromatic heterocycles. The molecule has 5 rings (SSSR count). The van der Waals surface area contributed by atoms with E-state index in [2.05, 4.69) is 37.3 Å². The third-order valence-electron chi connectivity index (χ3n) is 5.63. The van der Waals surface area contributed by atoms with Crippen molar-refractivity contribution in [3.63, 3.8) is 0 Å². The molecule has 160 valence electrons. The van der Waals surface area contributed by atoms with E-state index in [9.17, 15) is 8.42 Å². The lowest BCUT2D eigenvalue weighted by molar-refractivity contribution is 0.312. The summed E-state index contributed by atoms with van der Waals surface area (Å²) in [5.74, 6) is 1.58. The van der Waals surface area contributed by atoms with Gasteiger partial charge >= 0.3 is 0 Å². The van der Waals surface area contributed by atoms with Crippen LogP contribution in [-0.4, -0.2) is 73.0 Å². The van der Waals surface area contributed by atoms with Crippen molar-refractivity contribution >= 4 is 49.0 Å². The van der Waals surface area contributed by atoms with E-state index in [1.165, 1.54) is 6.26 Å². The first kappa shape index (κ1) is 19.7. The van der Waals surface area contributed by atoms with E-state index < -0.39 is 9.84 Å². The molecule has 10 heteroatoms. The van der Waals surface area contributed by atoms with Crippen LogP contribution in [-0.2, 0) is 9.84 Å². The molecular formula is C21H23N7O2S. The number of rotatable bonds is 4. The summed E-state index contributed by atoms with van der Waals surface area (Å²) in [6.07, 6.45) is 4.68. The van der Waals surface area contributed by atoms with Gasteiger partial charge < -0.3 is 15.1 Å². The molecule has 0 unspecified atom stereocenters. The molecule has 9 nitrogen and oxygen atoms in total. The predicted octanol–water partition coefficient (Wildman–Crippen LogP) is 2.41. The van der Waals surface area contributed by atoms with Crippen LogP contribution < -0.4 is 10.2 Å². The van der Waals surface area contributed by atoms with Gasteiger partial charge in [0.05, 0.1) is 28.5 Å². The van der Waals surface area contributed by atoms with Crippen LogP contribution in [0.25, 0.3) is 21.8 Å². The highest BCUT2D eigenvalue weighted by Crippen LogP contribution is 2.31. The highest BCUT2D eigenvalue weighted by atomic mass is 32.2. The number of fused-ring (bicyclic) bond motifs is 3. The van der Waals surface area contributed by atoms with Gasteiger partial charge in [0, 0.05) is 43.2 Å². The van der Waals surface area contributed by atoms with Crippen molar-refractivity contribution < 1.29 is 8.42 Å². The molecule has 0 radical (unpaired) electrons. The van der Waals surface area contributed by atoms with Gasteiger partial charge in [-0.2, -0.15) is 5.10 Å². The summed E-state index contributed by atoms with van der Waals surface area (Å²) in [5, 5.41) is 12.0. The first-order valence-electron chi connectivity index (χ1n) is 10.0. The van der Waals surface area contributed by atoms with Gasteiger partial charge in [-0.1, -0.05) is 0 Å². The van der Waals surface area contributed by atoms with Gasteiger partial charge in [0.1, 0.15) is 11.3 Å². The van der Waals surface area contributed by atoms with Crippen LogP contribution in [0.15, 0.2) is 47.6 Å². The number of piperazine rings is 1. The van der Waals surface area contributed by atoms with E-state index in [1.807, 2.05) is 12.1 Å². The number of likely N-dealkylation sites (N-methyl/N-ethyl adjacent to an activating group) is 1. The molecule has 1 aliphatic rings. The van der Waals surface area contributed by atoms with E-state index in [0.717, 1.165) is 48.5 Å². The minimum Gasteiger partial charge on any atom is -0.354 e. The highest BCUT2D eigenvalue weighted by molar-refractivity contribution is 7.90. The van der Waals surface area contributed by atoms with E-state index in [0.29, 0.717) is 16.9 Å². The molecule has 2 N–H and O–H groups in total. The summed E-state index contributed by atoms with van der Waals surface area (Å²) in [5.41, 5.74) is 2.21. The SMILES string of the molecule is CN1CCN(c2ccc(Nc3nc4ccc(S(C)(=O)=O)cc4c4cn[nH]c34)cn2)CC1. The predicted molar refractivity (Wildman–Crippen MR) is 122 cm³/mol. The average Bonchev–Trinajstić information content (AvgIpc) is 3.25. The van der Waals surface area contributed by atoms with Crippen molar-refractivity contribution in [1.29, 1.82) is 0 Å². The monoisotopic (exact) mass is 437 g/mol. The van der Waals surface area contributed by atoms with Crippen molar-refractivity contribution in [2.45, 2.75) is 4.90 Å². The zero-order valence-corrected chi connectivity index (χ0v) is 18.1. The maximum atomic E-state index is 11.9. The van der Waals surface area contributed by atoms with Gasteiger partial charge in [-0.05, 0) is 37.4 Å². The largest absolute Gasteiger partial charge is 0.354 e. The second-order valence-corrected chi connectivity index (χ2v) is 9.91. The molecule has 0 saturated carbocycles. The lowest BCUT2D eigenvalue weighted by Gasteiger charge is -2.33. The molecule has 4 aromatic rings. The minimum atomic E-state index is -3.31. The molecule has 1 fully saturated rings. The molecule has 1 saturated heterocycles. The smallest absolute Gasteiger partial charge is 0.175 e. The Morgan fingerprint density at radius 2 is 1.84 bits per heavy atom. The first-order chi connectivity index (χ1) is 14.9. The molecule has 1 aromatic carbocycles. The quantitative estimate of drug-likeness (QED) is 0.501. The van der Waals surface area contributed by atoms with Gasteiger partial charge in [-0.15, -0.1) is 0 Å². The summed E-state index contributed by atoms with van der Waals surface area (Å²) in [6, 6.07) is 8.94. The maximum Gasteiger partial charge on any atom is 0.175 e. The number of hydrogen-bond donors (Lipinski definition) is 2. The lowest BCUT2D eigenvalue weighted by atomic mass is 10.1. The standard InChI is InChI=1S/C21H23N7O2S/c1-27-7-9-28(10-8-27)19-6-3-14(12-22-19)24-21-20-17(13-23-26-20)16-11-15(31(2,29)30)4-5-18(16)25-21/h3-6,11-13H,7-10H2,1-2H3,(H,23,26)(H,24,25). The fourth-order valence-corrected chi connectivity index (χ4v) is 4.46. The lowest BCUT2D eigenvalue weighted by Crippen LogP contribution is -2.44. The molecule has 0 spiro atoms. The number of benzene rings is 1. The van der Waals surface area contributed by atoms with Crippen molar-refractivity contribution in [2.24, 2.45) is 0 Å². The zero-order chi connectivity index (χ0) is 21.6. The molecule has 31 heavy (non-hydrogen) atoms. The van der Waals surface area contributed by atoms with Gasteiger partial charge in [0.15, 0.2) is 15.7 Å². The molecule has 4 heterocycles. The normalized spacial score (nSPS) is 15.6. The van der Waals surface area contributed by atoms with E-state index in [1.54, 1.807) is 30.6 Å². The second kappa shape index (κ2) is 7.47. The number of aromatic amines is 1. The number of aromatic nitrogens is 4. The van der Waals surface area contributed by atoms with E-state index in [4.69, 9.17) is 4.98 Å². The fraction of sp³-hybridized carbons (Fsp3) is 0.286. The molecule has 0 amide bonds. The molecule has 0 aliphatic carbocycles. The van der Waals surface area contributed by atoms with Crippen LogP contribution in [0.2, 0.25) is 0 Å². The second-order valence-electron chi connectivity index (χ2n) is 7.89. The Balaban J connectivity index is 1.47. The van der Waals surface area contributed by atoms with Crippen molar-refractivity contribution in [1.82, 2.24) is 25.1 Å². The highest BCUT2D eigenvalue weighted by Gasteiger charge is 2.16. The Bertz CT molecular complexity index is 1360. The van der Waals surface area contributed by atoms with Crippen LogP contribution in [0.1, 0.15) is 0 Å². The summed E-state index contributed by atoms with van der Waals surface area (Å²) in [6.45, 7) is 3.99. The molecule has 0 atom stereocenters. The number of sulfone groups is 1. The van der Waals surface area contributed by atoms with Crippen molar-refractivity contribution in [2.75, 3.05) is 49.7 Å². The van der Waals surface area contributed by atoms with Crippen LogP contribution in [0.3, 0.4) is 0 Å². The molecule has 1 aliphatic heterocycles. The summed E-state index contributed by atoms with van der Waals surface area (Å²) in [4.78, 5) is 14.2. The number of H-pyrrole nitrogens is 1. The number of anilines is 3. The Hall–Kier alpha value is -3.24. The Morgan fingerprint density at radius 1 is 1.03 bits per heavy atom. The number of nitrogens with one attached hydrogen (secondary N) is 2. The number of nitrogens with zero attached hydrogens (tertiary/aromatic N) is 5. The summed E-state index contributed by atoms with van der Waals surface area (Å²) in [7, 11) is -1.18. The van der Waals surface area contributed by atoms with Crippen molar-refractivity contribution in [3.8, 4) is 0 Å². The zero-order valence-electron chi connectivity index (χ0n) is 17.3. The molecule has 0 bridgehead atoms. The average molecular weight is 438 g/mol. The van der Waals surface area contributed by atoms with Gasteiger partial charge in [0.2, 0.25) is 0 Å². The first-order valence-corrected chi connectivity index (χ1v) is 11.9. The topological polar surface area (TPSA) is 107 Å². The third-order valence-corrected chi connectivity index (χ3v) is 6.74. The van der Waals surface area contributed by atoms with Crippen molar-refractivity contribution in [3.05, 3.63) is 42.7 Å². The Labute approximate surface area is 180 Å². The van der Waals surface area contributed by atoms with E-state index in [-0.39, 0.29) is 4.90 Å². The summed E-state index contributed by atoms with van der Waals surface area (Å²) < 4.78 is 23.9. The number of pyridine rings is 2. The van der Waals surface area contributed by atoms with E-state index >= 15 is 0 Å².